The molecule has 1 aromatic heterocycles. The largest absolute Gasteiger partial charge is 0.481 e. The number of aliphatic hydroxyl groups is 2. The van der Waals surface area contributed by atoms with Crippen molar-refractivity contribution in [1.29, 1.82) is 0 Å². The van der Waals surface area contributed by atoms with Crippen LogP contribution in [-0.2, 0) is 17.6 Å². The van der Waals surface area contributed by atoms with Gasteiger partial charge in [0.05, 0.1) is 18.6 Å². The molecule has 2 rings (SSSR count). The Morgan fingerprint density at radius 2 is 1.86 bits per heavy atom. The highest BCUT2D eigenvalue weighted by molar-refractivity contribution is 5.77. The molecule has 0 fully saturated rings. The molecule has 2 atom stereocenters. The van der Waals surface area contributed by atoms with Gasteiger partial charge in [0.15, 0.2) is 0 Å². The van der Waals surface area contributed by atoms with Gasteiger partial charge in [0.1, 0.15) is 5.82 Å². The van der Waals surface area contributed by atoms with Crippen LogP contribution in [0.1, 0.15) is 43.6 Å². The minimum Gasteiger partial charge on any atom is -0.481 e. The first-order valence-electron chi connectivity index (χ1n) is 9.38. The molecule has 2 aromatic rings. The van der Waals surface area contributed by atoms with Crippen molar-refractivity contribution in [2.45, 2.75) is 51.7 Å². The lowest BCUT2D eigenvalue weighted by Crippen LogP contribution is -2.19. The number of aliphatic carboxylic acids is 1. The van der Waals surface area contributed by atoms with Crippen LogP contribution in [0.4, 0.5) is 4.39 Å². The maximum absolute atomic E-state index is 13.3. The Balaban J connectivity index is 2.38. The van der Waals surface area contributed by atoms with E-state index in [9.17, 15) is 19.4 Å². The first-order chi connectivity index (χ1) is 13.3. The van der Waals surface area contributed by atoms with Crippen molar-refractivity contribution < 1.29 is 24.5 Å². The lowest BCUT2D eigenvalue weighted by Gasteiger charge is -2.15. The van der Waals surface area contributed by atoms with Crippen molar-refractivity contribution >= 4 is 12.0 Å². The standard InChI is InChI=1S/C22H26FNO4/c1-3-16-11-20(14-5-7-15(23)8-6-14)19(21(4-2)24-16)10-9-17(25)12-18(26)13-22(27)28/h5-11,17-18,25-26H,3-4,12-13H2,1-2H3,(H,27,28)/t17-,18?/m1/s1. The van der Waals surface area contributed by atoms with Gasteiger partial charge in [-0.3, -0.25) is 9.78 Å². The van der Waals surface area contributed by atoms with Crippen LogP contribution in [0.3, 0.4) is 0 Å². The molecule has 5 nitrogen and oxygen atoms in total. The van der Waals surface area contributed by atoms with Crippen LogP contribution in [0.5, 0.6) is 0 Å². The van der Waals surface area contributed by atoms with E-state index in [2.05, 4.69) is 4.98 Å². The van der Waals surface area contributed by atoms with Gasteiger partial charge in [-0.25, -0.2) is 4.39 Å². The van der Waals surface area contributed by atoms with Crippen LogP contribution in [0.25, 0.3) is 17.2 Å². The third kappa shape index (κ3) is 5.97. The molecule has 0 radical (unpaired) electrons. The zero-order chi connectivity index (χ0) is 20.7. The second-order valence-electron chi connectivity index (χ2n) is 6.65. The van der Waals surface area contributed by atoms with E-state index < -0.39 is 24.6 Å². The summed E-state index contributed by atoms with van der Waals surface area (Å²) in [5.74, 6) is -1.43. The van der Waals surface area contributed by atoms with Crippen LogP contribution in [0.15, 0.2) is 36.4 Å². The quantitative estimate of drug-likeness (QED) is 0.611. The Bertz CT molecular complexity index is 833. The average Bonchev–Trinajstić information content (AvgIpc) is 2.65. The molecule has 28 heavy (non-hydrogen) atoms. The maximum atomic E-state index is 13.3. The van der Waals surface area contributed by atoms with E-state index in [0.717, 1.165) is 34.5 Å². The first-order valence-corrected chi connectivity index (χ1v) is 9.38. The van der Waals surface area contributed by atoms with E-state index in [-0.39, 0.29) is 12.2 Å². The summed E-state index contributed by atoms with van der Waals surface area (Å²) in [6, 6.07) is 8.16. The SMILES string of the molecule is CCc1cc(-c2ccc(F)cc2)c(C=C[C@@H](O)CC(O)CC(=O)O)c(CC)n1. The normalized spacial score (nSPS) is 13.6. The van der Waals surface area contributed by atoms with Crippen molar-refractivity contribution in [2.75, 3.05) is 0 Å². The van der Waals surface area contributed by atoms with Crippen molar-refractivity contribution in [3.63, 3.8) is 0 Å². The minimum absolute atomic E-state index is 0.0728. The number of carboxylic acids is 1. The third-order valence-electron chi connectivity index (χ3n) is 4.45. The Hall–Kier alpha value is -2.57. The molecular weight excluding hydrogens is 361 g/mol. The van der Waals surface area contributed by atoms with Gasteiger partial charge >= 0.3 is 5.97 Å². The van der Waals surface area contributed by atoms with Crippen LogP contribution in [-0.4, -0.2) is 38.5 Å². The zero-order valence-electron chi connectivity index (χ0n) is 16.1. The lowest BCUT2D eigenvalue weighted by atomic mass is 9.95. The van der Waals surface area contributed by atoms with Gasteiger partial charge in [-0.2, -0.15) is 0 Å². The molecule has 0 aliphatic carbocycles. The number of carboxylic acid groups (broad SMARTS) is 1. The summed E-state index contributed by atoms with van der Waals surface area (Å²) in [5.41, 5.74) is 4.32. The second kappa shape index (κ2) is 10.1. The Kier molecular flexibility index (Phi) is 7.84. The summed E-state index contributed by atoms with van der Waals surface area (Å²) in [4.78, 5) is 15.3. The molecule has 1 unspecified atom stereocenters. The van der Waals surface area contributed by atoms with Crippen LogP contribution in [0.2, 0.25) is 0 Å². The molecule has 3 N–H and O–H groups in total. The molecular formula is C22H26FNO4. The van der Waals surface area contributed by atoms with Gasteiger partial charge < -0.3 is 15.3 Å². The summed E-state index contributed by atoms with van der Waals surface area (Å²) in [7, 11) is 0. The predicted octanol–water partition coefficient (Wildman–Crippen LogP) is 3.61. The monoisotopic (exact) mass is 387 g/mol. The summed E-state index contributed by atoms with van der Waals surface area (Å²) >= 11 is 0. The number of rotatable bonds is 9. The smallest absolute Gasteiger partial charge is 0.305 e. The highest BCUT2D eigenvalue weighted by atomic mass is 19.1. The van der Waals surface area contributed by atoms with Crippen molar-refractivity contribution in [3.8, 4) is 11.1 Å². The molecule has 0 saturated heterocycles. The highest BCUT2D eigenvalue weighted by Crippen LogP contribution is 2.29. The van der Waals surface area contributed by atoms with Gasteiger partial charge in [-0.15, -0.1) is 0 Å². The summed E-state index contributed by atoms with van der Waals surface area (Å²) < 4.78 is 13.3. The van der Waals surface area contributed by atoms with Gasteiger partial charge in [-0.1, -0.05) is 38.1 Å². The van der Waals surface area contributed by atoms with E-state index in [1.807, 2.05) is 19.9 Å². The van der Waals surface area contributed by atoms with E-state index in [0.29, 0.717) is 6.42 Å². The van der Waals surface area contributed by atoms with E-state index in [1.165, 1.54) is 18.2 Å². The van der Waals surface area contributed by atoms with Gasteiger partial charge in [-0.05, 0) is 42.2 Å². The second-order valence-corrected chi connectivity index (χ2v) is 6.65. The lowest BCUT2D eigenvalue weighted by molar-refractivity contribution is -0.139. The maximum Gasteiger partial charge on any atom is 0.305 e. The van der Waals surface area contributed by atoms with Crippen molar-refractivity contribution in [2.24, 2.45) is 0 Å². The number of aliphatic hydroxyl groups excluding tert-OH is 2. The molecule has 0 spiro atoms. The zero-order valence-corrected chi connectivity index (χ0v) is 16.1. The van der Waals surface area contributed by atoms with Gasteiger partial charge in [0, 0.05) is 23.4 Å². The topological polar surface area (TPSA) is 90.7 Å². The highest BCUT2D eigenvalue weighted by Gasteiger charge is 2.15. The molecule has 1 aromatic carbocycles. The van der Waals surface area contributed by atoms with Gasteiger partial charge in [0.25, 0.3) is 0 Å². The first kappa shape index (κ1) is 21.7. The summed E-state index contributed by atoms with van der Waals surface area (Å²) in [6.45, 7) is 4.00. The Morgan fingerprint density at radius 1 is 1.18 bits per heavy atom. The van der Waals surface area contributed by atoms with Crippen LogP contribution in [0, 0.1) is 5.82 Å². The molecule has 0 saturated carbocycles. The number of aryl methyl sites for hydroxylation is 2. The predicted molar refractivity (Wildman–Crippen MR) is 106 cm³/mol. The molecule has 150 valence electrons. The third-order valence-corrected chi connectivity index (χ3v) is 4.45. The fraction of sp³-hybridized carbons (Fsp3) is 0.364. The van der Waals surface area contributed by atoms with Crippen LogP contribution < -0.4 is 0 Å². The number of pyridine rings is 1. The number of aromatic nitrogens is 1. The van der Waals surface area contributed by atoms with E-state index in [1.54, 1.807) is 18.2 Å². The van der Waals surface area contributed by atoms with E-state index >= 15 is 0 Å². The minimum atomic E-state index is -1.13. The number of nitrogens with zero attached hydrogens (tertiary/aromatic N) is 1. The molecule has 0 aliphatic rings. The number of hydrogen-bond donors (Lipinski definition) is 3. The molecule has 1 heterocycles. The Labute approximate surface area is 164 Å². The molecule has 0 bridgehead atoms. The molecule has 6 heteroatoms. The van der Waals surface area contributed by atoms with Crippen LogP contribution >= 0.6 is 0 Å². The number of carbonyl (C=O) groups is 1. The fourth-order valence-electron chi connectivity index (χ4n) is 3.02. The molecule has 0 amide bonds. The number of benzene rings is 1. The Morgan fingerprint density at radius 3 is 2.43 bits per heavy atom. The number of hydrogen-bond acceptors (Lipinski definition) is 4. The van der Waals surface area contributed by atoms with E-state index in [4.69, 9.17) is 5.11 Å². The summed E-state index contributed by atoms with van der Waals surface area (Å²) in [5, 5.41) is 28.5. The average molecular weight is 387 g/mol. The fourth-order valence-corrected chi connectivity index (χ4v) is 3.02. The van der Waals surface area contributed by atoms with Crippen molar-refractivity contribution in [3.05, 3.63) is 59.2 Å². The number of halogens is 1. The summed E-state index contributed by atoms with van der Waals surface area (Å²) in [6.07, 6.45) is 2.09. The van der Waals surface area contributed by atoms with Crippen molar-refractivity contribution in [1.82, 2.24) is 4.98 Å². The van der Waals surface area contributed by atoms with Gasteiger partial charge in [0.2, 0.25) is 0 Å². The molecule has 0 aliphatic heterocycles.